The Labute approximate surface area is 93.2 Å². The number of nitrogens with zero attached hydrogens (tertiary/aromatic N) is 2. The van der Waals surface area contributed by atoms with Crippen molar-refractivity contribution in [1.29, 1.82) is 0 Å². The lowest BCUT2D eigenvalue weighted by atomic mass is 10.3. The van der Waals surface area contributed by atoms with Gasteiger partial charge in [-0.25, -0.2) is 4.98 Å². The summed E-state index contributed by atoms with van der Waals surface area (Å²) in [7, 11) is 1.66. The van der Waals surface area contributed by atoms with E-state index in [1.165, 1.54) is 10.8 Å². The Morgan fingerprint density at radius 3 is 3.38 bits per heavy atom. The molecule has 0 saturated carbocycles. The molecule has 1 aliphatic heterocycles. The molecule has 0 radical (unpaired) electrons. The van der Waals surface area contributed by atoms with Gasteiger partial charge in [-0.1, -0.05) is 0 Å². The lowest BCUT2D eigenvalue weighted by Gasteiger charge is -2.23. The second kappa shape index (κ2) is 5.09. The third-order valence-electron chi connectivity index (χ3n) is 2.40. The van der Waals surface area contributed by atoms with Crippen LogP contribution in [0.3, 0.4) is 0 Å². The van der Waals surface area contributed by atoms with E-state index < -0.39 is 0 Å². The number of rotatable bonds is 3. The van der Waals surface area contributed by atoms with E-state index in [-0.39, 0.29) is 17.5 Å². The molecule has 1 aromatic heterocycles. The van der Waals surface area contributed by atoms with Gasteiger partial charge in [-0.3, -0.25) is 4.79 Å². The van der Waals surface area contributed by atoms with Gasteiger partial charge in [0.25, 0.3) is 5.88 Å². The fourth-order valence-corrected chi connectivity index (χ4v) is 1.47. The molecule has 88 valence electrons. The molecule has 1 aliphatic rings. The SMILES string of the molecule is Cn1ccnc(OCC2CNCCO2)c1=O. The van der Waals surface area contributed by atoms with Crippen molar-refractivity contribution >= 4 is 0 Å². The molecule has 0 aromatic carbocycles. The molecule has 1 atom stereocenters. The largest absolute Gasteiger partial charge is 0.471 e. The fraction of sp³-hybridized carbons (Fsp3) is 0.600. The van der Waals surface area contributed by atoms with Gasteiger partial charge in [0, 0.05) is 32.5 Å². The maximum atomic E-state index is 11.6. The Morgan fingerprint density at radius 2 is 2.62 bits per heavy atom. The van der Waals surface area contributed by atoms with Crippen LogP contribution in [0.25, 0.3) is 0 Å². The van der Waals surface area contributed by atoms with Crippen LogP contribution in [-0.2, 0) is 11.8 Å². The van der Waals surface area contributed by atoms with Crippen LogP contribution >= 0.6 is 0 Å². The summed E-state index contributed by atoms with van der Waals surface area (Å²) in [5.41, 5.74) is -0.230. The summed E-state index contributed by atoms with van der Waals surface area (Å²) in [6.07, 6.45) is 3.12. The van der Waals surface area contributed by atoms with E-state index in [9.17, 15) is 4.79 Å². The lowest BCUT2D eigenvalue weighted by Crippen LogP contribution is -2.42. The number of ether oxygens (including phenoxy) is 2. The highest BCUT2D eigenvalue weighted by Crippen LogP contribution is 2.00. The summed E-state index contributed by atoms with van der Waals surface area (Å²) in [5, 5.41) is 3.19. The summed E-state index contributed by atoms with van der Waals surface area (Å²) in [6.45, 7) is 2.63. The van der Waals surface area contributed by atoms with Gasteiger partial charge in [-0.15, -0.1) is 0 Å². The van der Waals surface area contributed by atoms with Crippen LogP contribution in [0.2, 0.25) is 0 Å². The molecule has 1 aromatic rings. The third kappa shape index (κ3) is 2.59. The first-order valence-corrected chi connectivity index (χ1v) is 5.24. The predicted molar refractivity (Wildman–Crippen MR) is 57.6 cm³/mol. The Morgan fingerprint density at radius 1 is 1.75 bits per heavy atom. The van der Waals surface area contributed by atoms with Crippen LogP contribution < -0.4 is 15.6 Å². The standard InChI is InChI=1S/C10H15N3O3/c1-13-4-2-12-9(10(13)14)16-7-8-6-11-3-5-15-8/h2,4,8,11H,3,5-7H2,1H3. The zero-order valence-electron chi connectivity index (χ0n) is 9.18. The van der Waals surface area contributed by atoms with Gasteiger partial charge in [-0.2, -0.15) is 0 Å². The van der Waals surface area contributed by atoms with E-state index in [0.717, 1.165) is 13.1 Å². The predicted octanol–water partition coefficient (Wildman–Crippen LogP) is -0.852. The van der Waals surface area contributed by atoms with Gasteiger partial charge < -0.3 is 19.4 Å². The molecule has 0 spiro atoms. The van der Waals surface area contributed by atoms with E-state index >= 15 is 0 Å². The zero-order chi connectivity index (χ0) is 11.4. The van der Waals surface area contributed by atoms with Crippen molar-refractivity contribution in [2.45, 2.75) is 6.10 Å². The second-order valence-corrected chi connectivity index (χ2v) is 3.66. The maximum absolute atomic E-state index is 11.6. The summed E-state index contributed by atoms with van der Waals surface area (Å²) in [4.78, 5) is 15.5. The van der Waals surface area contributed by atoms with E-state index in [2.05, 4.69) is 10.3 Å². The van der Waals surface area contributed by atoms with Crippen molar-refractivity contribution in [3.63, 3.8) is 0 Å². The molecule has 1 saturated heterocycles. The minimum absolute atomic E-state index is 0.0135. The lowest BCUT2D eigenvalue weighted by molar-refractivity contribution is -0.00117. The van der Waals surface area contributed by atoms with Crippen LogP contribution in [0.5, 0.6) is 5.88 Å². The normalized spacial score (nSPS) is 20.7. The Balaban J connectivity index is 1.94. The van der Waals surface area contributed by atoms with E-state index in [1.54, 1.807) is 13.2 Å². The van der Waals surface area contributed by atoms with Gasteiger partial charge in [0.1, 0.15) is 12.7 Å². The molecule has 1 unspecified atom stereocenters. The topological polar surface area (TPSA) is 65.4 Å². The monoisotopic (exact) mass is 225 g/mol. The van der Waals surface area contributed by atoms with Crippen molar-refractivity contribution < 1.29 is 9.47 Å². The molecule has 0 bridgehead atoms. The van der Waals surface area contributed by atoms with Crippen LogP contribution in [0.15, 0.2) is 17.2 Å². The van der Waals surface area contributed by atoms with Gasteiger partial charge in [0.15, 0.2) is 0 Å². The molecule has 6 nitrogen and oxygen atoms in total. The quantitative estimate of drug-likeness (QED) is 0.725. The number of hydrogen-bond acceptors (Lipinski definition) is 5. The first-order chi connectivity index (χ1) is 7.77. The van der Waals surface area contributed by atoms with Crippen molar-refractivity contribution in [1.82, 2.24) is 14.9 Å². The molecule has 1 N–H and O–H groups in total. The van der Waals surface area contributed by atoms with Gasteiger partial charge in [0.2, 0.25) is 0 Å². The number of aryl methyl sites for hydroxylation is 1. The van der Waals surface area contributed by atoms with Crippen LogP contribution in [0.1, 0.15) is 0 Å². The highest BCUT2D eigenvalue weighted by molar-refractivity contribution is 5.03. The zero-order valence-corrected chi connectivity index (χ0v) is 9.18. The minimum Gasteiger partial charge on any atom is -0.471 e. The minimum atomic E-state index is -0.230. The summed E-state index contributed by atoms with van der Waals surface area (Å²) in [6, 6.07) is 0. The first kappa shape index (κ1) is 11.1. The Kier molecular flexibility index (Phi) is 3.53. The molecular weight excluding hydrogens is 210 g/mol. The van der Waals surface area contributed by atoms with E-state index in [4.69, 9.17) is 9.47 Å². The molecule has 1 fully saturated rings. The summed E-state index contributed by atoms with van der Waals surface area (Å²) >= 11 is 0. The van der Waals surface area contributed by atoms with Crippen molar-refractivity contribution in [2.24, 2.45) is 7.05 Å². The second-order valence-electron chi connectivity index (χ2n) is 3.66. The highest BCUT2D eigenvalue weighted by Gasteiger charge is 2.15. The molecule has 2 heterocycles. The number of hydrogen-bond donors (Lipinski definition) is 1. The maximum Gasteiger partial charge on any atom is 0.313 e. The molecule has 0 amide bonds. The third-order valence-corrected chi connectivity index (χ3v) is 2.40. The van der Waals surface area contributed by atoms with E-state index in [1.807, 2.05) is 0 Å². The average molecular weight is 225 g/mol. The van der Waals surface area contributed by atoms with Gasteiger partial charge in [-0.05, 0) is 0 Å². The first-order valence-electron chi connectivity index (χ1n) is 5.24. The van der Waals surface area contributed by atoms with Gasteiger partial charge in [0.05, 0.1) is 6.61 Å². The highest BCUT2D eigenvalue weighted by atomic mass is 16.5. The average Bonchev–Trinajstić information content (AvgIpc) is 2.32. The Hall–Kier alpha value is -1.40. The fourth-order valence-electron chi connectivity index (χ4n) is 1.47. The van der Waals surface area contributed by atoms with Crippen molar-refractivity contribution in [3.8, 4) is 5.88 Å². The molecule has 2 rings (SSSR count). The molecule has 16 heavy (non-hydrogen) atoms. The van der Waals surface area contributed by atoms with Gasteiger partial charge >= 0.3 is 5.56 Å². The van der Waals surface area contributed by atoms with E-state index in [0.29, 0.717) is 13.2 Å². The molecule has 6 heteroatoms. The van der Waals surface area contributed by atoms with Crippen LogP contribution in [0.4, 0.5) is 0 Å². The molecule has 0 aliphatic carbocycles. The number of morpholine rings is 1. The summed E-state index contributed by atoms with van der Waals surface area (Å²) in [5.74, 6) is 0.124. The van der Waals surface area contributed by atoms with Crippen LogP contribution in [-0.4, -0.2) is 42.0 Å². The number of aromatic nitrogens is 2. The smallest absolute Gasteiger partial charge is 0.313 e. The summed E-state index contributed by atoms with van der Waals surface area (Å²) < 4.78 is 12.2. The number of nitrogens with one attached hydrogen (secondary N) is 1. The van der Waals surface area contributed by atoms with Crippen molar-refractivity contribution in [3.05, 3.63) is 22.7 Å². The van der Waals surface area contributed by atoms with Crippen LogP contribution in [0, 0.1) is 0 Å². The van der Waals surface area contributed by atoms with Crippen molar-refractivity contribution in [2.75, 3.05) is 26.3 Å². The Bertz CT molecular complexity index is 399. The molecular formula is C10H15N3O3.